The number of hydrogen-bond donors (Lipinski definition) is 1. The largest absolute Gasteiger partial charge is 0.332 e. The second-order valence-corrected chi connectivity index (χ2v) is 11.0. The molecule has 0 saturated heterocycles. The van der Waals surface area contributed by atoms with Gasteiger partial charge in [0.2, 0.25) is 5.91 Å². The van der Waals surface area contributed by atoms with Crippen LogP contribution in [0.5, 0.6) is 0 Å². The molecule has 1 saturated carbocycles. The van der Waals surface area contributed by atoms with E-state index in [1.54, 1.807) is 16.2 Å². The van der Waals surface area contributed by atoms with Crippen molar-refractivity contribution in [2.24, 2.45) is 0 Å². The van der Waals surface area contributed by atoms with Gasteiger partial charge in [-0.2, -0.15) is 0 Å². The maximum absolute atomic E-state index is 13.8. The lowest BCUT2D eigenvalue weighted by Crippen LogP contribution is -2.49. The van der Waals surface area contributed by atoms with Crippen molar-refractivity contribution >= 4 is 29.0 Å². The molecule has 0 bridgehead atoms. The molecule has 0 spiro atoms. The smallest absolute Gasteiger partial charge is 0.322 e. The van der Waals surface area contributed by atoms with Crippen LogP contribution in [-0.4, -0.2) is 34.3 Å². The standard InChI is InChI=1S/C30H37N3O2S/c1-3-25-14-10-11-17-28(25)31-30(35)33(26-15-8-5-9-16-26)22-29(34)32(20-24-12-6-4-7-13-24)21-27-19-18-23(2)36-27/h4,6-7,10-14,17-19,26H,3,5,8-9,15-16,20-22H2,1-2H3,(H,31,35). The topological polar surface area (TPSA) is 52.7 Å². The number of nitrogens with one attached hydrogen (secondary N) is 1. The molecule has 3 aromatic rings. The second-order valence-electron chi connectivity index (χ2n) is 9.61. The van der Waals surface area contributed by atoms with Gasteiger partial charge in [-0.25, -0.2) is 4.79 Å². The SMILES string of the molecule is CCc1ccccc1NC(=O)N(CC(=O)N(Cc1ccccc1)Cc1ccc(C)s1)C1CCCCC1. The highest BCUT2D eigenvalue weighted by molar-refractivity contribution is 7.11. The van der Waals surface area contributed by atoms with Crippen molar-refractivity contribution in [3.05, 3.63) is 87.6 Å². The molecule has 6 heteroatoms. The number of carbonyl (C=O) groups is 2. The maximum Gasteiger partial charge on any atom is 0.322 e. The lowest BCUT2D eigenvalue weighted by molar-refractivity contribution is -0.133. The van der Waals surface area contributed by atoms with E-state index in [0.29, 0.717) is 13.1 Å². The Morgan fingerprint density at radius 1 is 0.917 bits per heavy atom. The summed E-state index contributed by atoms with van der Waals surface area (Å²) in [4.78, 5) is 33.5. The minimum Gasteiger partial charge on any atom is -0.332 e. The van der Waals surface area contributed by atoms with E-state index in [2.05, 4.69) is 31.3 Å². The van der Waals surface area contributed by atoms with Gasteiger partial charge in [-0.3, -0.25) is 4.79 Å². The number of aryl methyl sites for hydroxylation is 2. The number of rotatable bonds is 9. The van der Waals surface area contributed by atoms with Crippen LogP contribution in [-0.2, 0) is 24.3 Å². The molecule has 4 rings (SSSR count). The number of anilines is 1. The van der Waals surface area contributed by atoms with Gasteiger partial charge in [-0.15, -0.1) is 11.3 Å². The van der Waals surface area contributed by atoms with Crippen molar-refractivity contribution in [3.63, 3.8) is 0 Å². The summed E-state index contributed by atoms with van der Waals surface area (Å²) < 4.78 is 0. The average molecular weight is 504 g/mol. The van der Waals surface area contributed by atoms with Crippen molar-refractivity contribution in [1.82, 2.24) is 9.80 Å². The number of amides is 3. The predicted octanol–water partition coefficient (Wildman–Crippen LogP) is 7.01. The van der Waals surface area contributed by atoms with Crippen LogP contribution >= 0.6 is 11.3 Å². The van der Waals surface area contributed by atoms with Gasteiger partial charge in [0.05, 0.1) is 6.54 Å². The van der Waals surface area contributed by atoms with Gasteiger partial charge in [-0.05, 0) is 55.5 Å². The first-order valence-corrected chi connectivity index (χ1v) is 13.9. The monoisotopic (exact) mass is 503 g/mol. The van der Waals surface area contributed by atoms with Crippen molar-refractivity contribution in [2.45, 2.75) is 71.5 Å². The zero-order valence-corrected chi connectivity index (χ0v) is 22.2. The Balaban J connectivity index is 1.55. The summed E-state index contributed by atoms with van der Waals surface area (Å²) in [5.41, 5.74) is 3.01. The normalized spacial score (nSPS) is 13.8. The highest BCUT2D eigenvalue weighted by Gasteiger charge is 2.29. The molecular weight excluding hydrogens is 466 g/mol. The molecular formula is C30H37N3O2S. The van der Waals surface area contributed by atoms with E-state index < -0.39 is 0 Å². The first-order chi connectivity index (χ1) is 17.5. The van der Waals surface area contributed by atoms with Crippen LogP contribution in [0, 0.1) is 6.92 Å². The van der Waals surface area contributed by atoms with Crippen molar-refractivity contribution < 1.29 is 9.59 Å². The highest BCUT2D eigenvalue weighted by Crippen LogP contribution is 2.25. The van der Waals surface area contributed by atoms with E-state index >= 15 is 0 Å². The molecule has 0 unspecified atom stereocenters. The Labute approximate surface area is 219 Å². The van der Waals surface area contributed by atoms with Gasteiger partial charge in [0.25, 0.3) is 0 Å². The van der Waals surface area contributed by atoms with Crippen molar-refractivity contribution in [2.75, 3.05) is 11.9 Å². The number of nitrogens with zero attached hydrogens (tertiary/aromatic N) is 2. The molecule has 190 valence electrons. The van der Waals surface area contributed by atoms with Crippen molar-refractivity contribution in [3.8, 4) is 0 Å². The molecule has 0 radical (unpaired) electrons. The Kier molecular flexibility index (Phi) is 9.17. The summed E-state index contributed by atoms with van der Waals surface area (Å²) in [6, 6.07) is 22.1. The predicted molar refractivity (Wildman–Crippen MR) is 148 cm³/mol. The fourth-order valence-electron chi connectivity index (χ4n) is 4.94. The van der Waals surface area contributed by atoms with Crippen LogP contribution in [0.2, 0.25) is 0 Å². The molecule has 36 heavy (non-hydrogen) atoms. The van der Waals surface area contributed by atoms with Gasteiger partial charge >= 0.3 is 6.03 Å². The van der Waals surface area contributed by atoms with E-state index in [4.69, 9.17) is 0 Å². The fraction of sp³-hybridized carbons (Fsp3) is 0.400. The lowest BCUT2D eigenvalue weighted by Gasteiger charge is -2.35. The first-order valence-electron chi connectivity index (χ1n) is 13.1. The summed E-state index contributed by atoms with van der Waals surface area (Å²) in [5.74, 6) is -0.0191. The molecule has 1 heterocycles. The molecule has 2 aromatic carbocycles. The molecule has 5 nitrogen and oxygen atoms in total. The van der Waals surface area contributed by atoms with Crippen LogP contribution in [0.4, 0.5) is 10.5 Å². The third kappa shape index (κ3) is 6.97. The number of urea groups is 1. The molecule has 0 atom stereocenters. The van der Waals surface area contributed by atoms with Gasteiger partial charge in [0.15, 0.2) is 0 Å². The minimum atomic E-state index is -0.178. The Hall–Kier alpha value is -3.12. The Morgan fingerprint density at radius 2 is 1.64 bits per heavy atom. The summed E-state index contributed by atoms with van der Waals surface area (Å²) in [5, 5.41) is 3.12. The van der Waals surface area contributed by atoms with E-state index in [-0.39, 0.29) is 24.5 Å². The number of benzene rings is 2. The van der Waals surface area contributed by atoms with Crippen LogP contribution in [0.1, 0.15) is 59.9 Å². The number of carbonyl (C=O) groups excluding carboxylic acids is 2. The first kappa shape index (κ1) is 26.0. The molecule has 3 amide bonds. The number of thiophene rings is 1. The van der Waals surface area contributed by atoms with Crippen LogP contribution in [0.3, 0.4) is 0 Å². The summed E-state index contributed by atoms with van der Waals surface area (Å²) >= 11 is 1.72. The van der Waals surface area contributed by atoms with Gasteiger partial charge in [-0.1, -0.05) is 74.7 Å². The van der Waals surface area contributed by atoms with Gasteiger partial charge in [0.1, 0.15) is 6.54 Å². The highest BCUT2D eigenvalue weighted by atomic mass is 32.1. The number of para-hydroxylation sites is 1. The Bertz CT molecular complexity index is 1140. The third-order valence-electron chi connectivity index (χ3n) is 6.93. The summed E-state index contributed by atoms with van der Waals surface area (Å²) in [6.45, 7) is 5.32. The zero-order valence-electron chi connectivity index (χ0n) is 21.4. The van der Waals surface area contributed by atoms with E-state index in [9.17, 15) is 9.59 Å². The quantitative estimate of drug-likeness (QED) is 0.341. The maximum atomic E-state index is 13.8. The summed E-state index contributed by atoms with van der Waals surface area (Å²) in [7, 11) is 0. The van der Waals surface area contributed by atoms with Crippen LogP contribution in [0.25, 0.3) is 0 Å². The van der Waals surface area contributed by atoms with Crippen molar-refractivity contribution in [1.29, 1.82) is 0 Å². The van der Waals surface area contributed by atoms with Crippen LogP contribution < -0.4 is 5.32 Å². The minimum absolute atomic E-state index is 0.0191. The molecule has 1 N–H and O–H groups in total. The average Bonchev–Trinajstić information content (AvgIpc) is 3.32. The molecule has 1 fully saturated rings. The van der Waals surface area contributed by atoms with Crippen LogP contribution in [0.15, 0.2) is 66.7 Å². The van der Waals surface area contributed by atoms with E-state index in [1.165, 1.54) is 11.3 Å². The fourth-order valence-corrected chi connectivity index (χ4v) is 5.84. The number of hydrogen-bond acceptors (Lipinski definition) is 3. The molecule has 1 aromatic heterocycles. The molecule has 0 aliphatic heterocycles. The molecule has 1 aliphatic rings. The van der Waals surface area contributed by atoms with Gasteiger partial charge < -0.3 is 15.1 Å². The zero-order chi connectivity index (χ0) is 25.3. The molecule has 1 aliphatic carbocycles. The second kappa shape index (κ2) is 12.7. The summed E-state index contributed by atoms with van der Waals surface area (Å²) in [6.07, 6.45) is 6.10. The Morgan fingerprint density at radius 3 is 2.33 bits per heavy atom. The lowest BCUT2D eigenvalue weighted by atomic mass is 9.94. The van der Waals surface area contributed by atoms with E-state index in [1.807, 2.05) is 59.5 Å². The van der Waals surface area contributed by atoms with E-state index in [0.717, 1.165) is 53.8 Å². The third-order valence-corrected chi connectivity index (χ3v) is 7.92. The van der Waals surface area contributed by atoms with Gasteiger partial charge in [0, 0.05) is 28.0 Å².